The molecule has 0 heterocycles. The Morgan fingerprint density at radius 2 is 1.03 bits per heavy atom. The number of alkyl halides is 3. The summed E-state index contributed by atoms with van der Waals surface area (Å²) in [7, 11) is 9.22. The first-order valence-corrected chi connectivity index (χ1v) is 25.9. The van der Waals surface area contributed by atoms with Crippen molar-refractivity contribution in [2.24, 2.45) is 10.7 Å². The van der Waals surface area contributed by atoms with Crippen LogP contribution >= 0.6 is 133 Å². The van der Waals surface area contributed by atoms with Gasteiger partial charge >= 0.3 is 0 Å². The van der Waals surface area contributed by atoms with E-state index in [0.29, 0.717) is 75.3 Å². The topological polar surface area (TPSA) is 166 Å². The predicted molar refractivity (Wildman–Crippen MR) is 306 cm³/mol. The Morgan fingerprint density at radius 3 is 1.34 bits per heavy atom. The number of isothiocyanates is 1. The molecule has 4 aromatic rings. The van der Waals surface area contributed by atoms with E-state index < -0.39 is 4.92 Å². The first-order chi connectivity index (χ1) is 33.4. The molecule has 0 saturated heterocycles. The lowest BCUT2D eigenvalue weighted by atomic mass is 10.2. The molecule has 0 aliphatic rings. The fourth-order valence-corrected chi connectivity index (χ4v) is 5.60. The highest BCUT2D eigenvalue weighted by Gasteiger charge is 2.18. The number of nitro benzene ring substituents is 1. The molecule has 4 rings (SSSR count). The number of ether oxygens (including phenoxy) is 7. The van der Waals surface area contributed by atoms with E-state index >= 15 is 0 Å². The molecule has 0 saturated carbocycles. The van der Waals surface area contributed by atoms with Gasteiger partial charge in [-0.3, -0.25) is 10.1 Å². The first kappa shape index (κ1) is 73.9. The van der Waals surface area contributed by atoms with Crippen LogP contribution in [0.4, 0.5) is 5.69 Å². The number of methoxy groups -OCH3 is 4. The molecule has 3 N–H and O–H groups in total. The highest BCUT2D eigenvalue weighted by molar-refractivity contribution is 9.09. The number of thiocarbonyl (C=S) groups is 2. The Balaban J connectivity index is -0.000000381. The molecule has 0 amide bonds. The molecule has 0 radical (unpaired) electrons. The number of hydrogen-bond donors (Lipinski definition) is 2. The second-order valence-corrected chi connectivity index (χ2v) is 17.4. The van der Waals surface area contributed by atoms with Crippen molar-refractivity contribution in [1.82, 2.24) is 0 Å². The van der Waals surface area contributed by atoms with E-state index in [1.165, 1.54) is 39.5 Å². The molecule has 13 nitrogen and oxygen atoms in total. The largest absolute Gasteiger partial charge is 0.504 e. The lowest BCUT2D eigenvalue weighted by Gasteiger charge is -2.10. The monoisotopic (exact) mass is 1240 g/mol. The minimum atomic E-state index is -0.547. The minimum absolute atomic E-state index is 0.0368. The number of unbranched alkanes of at least 4 members (excludes halogenated alkanes) is 2. The standard InChI is InChI=1S/C11H14ClNO4.C11H15ClO2.C10H12Cl2O2.C7H7ClO2.C3H6BrCl.C2H3NS.CCl2S.CH5N/c1-3-4-5-17-11-7-9(13(14)15)8(12)6-10(11)16-2;1-3-4-7-14-10-6-5-9(12)8-11(10)13-2;1-13-10-7-8(12)3-4-9(10)14-6-2-5-11;1-10-7-4-5(8)2-3-6(7)9;4-2-1-3-5;1-3-2-4;2-1(3)4;1-2/h6-7H,3-5H2,1-2H3;5-6,8H,3-4,7H2,1-2H3;3-4,7H,2,5-6H2,1H3;2-4,9H,1H3;1-3H2;1H3;;2H2,1H3. The summed E-state index contributed by atoms with van der Waals surface area (Å²) in [6, 6.07) is 18.0. The molecular weight excluding hydrogens is 1180 g/mol. The highest BCUT2D eigenvalue weighted by atomic mass is 79.9. The molecular formula is C46H62BrCl8N3O10S2. The summed E-state index contributed by atoms with van der Waals surface area (Å²) in [4.78, 5) is 13.5. The number of nitrogens with two attached hydrogens (primary N) is 1. The summed E-state index contributed by atoms with van der Waals surface area (Å²) >= 11 is 54.8. The van der Waals surface area contributed by atoms with Gasteiger partial charge in [0, 0.05) is 63.5 Å². The molecule has 0 spiro atoms. The van der Waals surface area contributed by atoms with Gasteiger partial charge in [-0.15, -0.1) is 23.2 Å². The van der Waals surface area contributed by atoms with Crippen molar-refractivity contribution in [1.29, 1.82) is 0 Å². The van der Waals surface area contributed by atoms with Crippen LogP contribution in [-0.4, -0.2) is 98.4 Å². The fraction of sp³-hybridized carbons (Fsp3) is 0.435. The number of nitro groups is 1. The first-order valence-electron chi connectivity index (χ1n) is 20.6. The van der Waals surface area contributed by atoms with Crippen LogP contribution in [0.5, 0.6) is 46.0 Å². The van der Waals surface area contributed by atoms with E-state index in [4.69, 9.17) is 131 Å². The van der Waals surface area contributed by atoms with E-state index in [-0.39, 0.29) is 20.2 Å². The molecule has 0 aliphatic carbocycles. The van der Waals surface area contributed by atoms with Gasteiger partial charge < -0.3 is 44.0 Å². The number of benzene rings is 4. The van der Waals surface area contributed by atoms with Gasteiger partial charge in [0.1, 0.15) is 5.02 Å². The molecule has 24 heteroatoms. The maximum atomic E-state index is 10.7. The van der Waals surface area contributed by atoms with Crippen molar-refractivity contribution >= 4 is 148 Å². The second kappa shape index (κ2) is 51.2. The lowest BCUT2D eigenvalue weighted by molar-refractivity contribution is -0.384. The quantitative estimate of drug-likeness (QED) is 0.0173. The van der Waals surface area contributed by atoms with Crippen LogP contribution in [-0.2, 0) is 0 Å². The SMILES string of the molecule is CCCCOc1cc([N+](=O)[O-])c(Cl)cc1OC.CCCCOc1ccc(Cl)cc1OC.CN.CN=C=S.COc1cc(Cl)ccc1O.COc1cc(Cl)ccc1OCCCCl.ClCCCBr.S=C(Cl)Cl. The molecule has 0 atom stereocenters. The molecule has 4 aromatic carbocycles. The van der Waals surface area contributed by atoms with E-state index in [1.807, 2.05) is 13.0 Å². The van der Waals surface area contributed by atoms with E-state index in [1.54, 1.807) is 63.7 Å². The van der Waals surface area contributed by atoms with Crippen LogP contribution in [0.3, 0.4) is 0 Å². The maximum absolute atomic E-state index is 10.7. The zero-order valence-electron chi connectivity index (χ0n) is 40.1. The van der Waals surface area contributed by atoms with Crippen molar-refractivity contribution in [3.05, 3.63) is 96.9 Å². The summed E-state index contributed by atoms with van der Waals surface area (Å²) in [6.07, 6.45) is 5.91. The van der Waals surface area contributed by atoms with Gasteiger partial charge in [0.15, 0.2) is 49.8 Å². The van der Waals surface area contributed by atoms with Crippen LogP contribution in [0, 0.1) is 10.1 Å². The Bertz CT molecular complexity index is 1970. The number of phenols is 1. The van der Waals surface area contributed by atoms with Crippen molar-refractivity contribution in [3.8, 4) is 46.0 Å². The maximum Gasteiger partial charge on any atom is 0.291 e. The van der Waals surface area contributed by atoms with Gasteiger partial charge in [0.05, 0.1) is 64.4 Å². The van der Waals surface area contributed by atoms with Crippen molar-refractivity contribution < 1.29 is 43.2 Å². The smallest absolute Gasteiger partial charge is 0.291 e. The molecule has 0 bridgehead atoms. The van der Waals surface area contributed by atoms with Crippen molar-refractivity contribution in [2.75, 3.05) is 79.4 Å². The lowest BCUT2D eigenvalue weighted by Crippen LogP contribution is -2.00. The summed E-state index contributed by atoms with van der Waals surface area (Å²) in [5.74, 6) is 5.39. The summed E-state index contributed by atoms with van der Waals surface area (Å²) in [6.45, 7) is 5.95. The van der Waals surface area contributed by atoms with Crippen LogP contribution in [0.25, 0.3) is 0 Å². The summed E-state index contributed by atoms with van der Waals surface area (Å²) < 4.78 is 36.5. The van der Waals surface area contributed by atoms with Crippen LogP contribution in [0.1, 0.15) is 52.4 Å². The number of aromatic hydroxyl groups is 1. The number of hydrogen-bond acceptors (Lipinski definition) is 14. The van der Waals surface area contributed by atoms with Crippen LogP contribution < -0.4 is 38.9 Å². The van der Waals surface area contributed by atoms with Gasteiger partial charge in [-0.25, -0.2) is 4.99 Å². The number of aliphatic imine (C=N–C) groups is 1. The minimum Gasteiger partial charge on any atom is -0.504 e. The Morgan fingerprint density at radius 1 is 0.671 bits per heavy atom. The van der Waals surface area contributed by atoms with Crippen LogP contribution in [0.2, 0.25) is 20.1 Å². The zero-order chi connectivity index (χ0) is 54.3. The second-order valence-electron chi connectivity index (χ2n) is 12.2. The molecule has 70 heavy (non-hydrogen) atoms. The average Bonchev–Trinajstić information content (AvgIpc) is 3.35. The third kappa shape index (κ3) is 39.9. The van der Waals surface area contributed by atoms with Crippen LogP contribution in [0.15, 0.2) is 71.7 Å². The number of rotatable bonds is 19. The fourth-order valence-electron chi connectivity index (χ4n) is 4.05. The van der Waals surface area contributed by atoms with Crippen molar-refractivity contribution in [2.45, 2.75) is 52.4 Å². The number of nitrogens with zero attached hydrogens (tertiary/aromatic N) is 2. The van der Waals surface area contributed by atoms with E-state index in [9.17, 15) is 10.1 Å². The molecule has 396 valence electrons. The Labute approximate surface area is 472 Å². The zero-order valence-corrected chi connectivity index (χ0v) is 49.4. The number of halogens is 9. The molecule has 0 unspecified atom stereocenters. The van der Waals surface area contributed by atoms with Gasteiger partial charge in [0.2, 0.25) is 0 Å². The van der Waals surface area contributed by atoms with Gasteiger partial charge in [0.25, 0.3) is 5.69 Å². The predicted octanol–water partition coefficient (Wildman–Crippen LogP) is 16.4. The molecule has 0 aromatic heterocycles. The molecule has 0 aliphatic heterocycles. The third-order valence-corrected chi connectivity index (χ3v) is 9.51. The third-order valence-electron chi connectivity index (χ3n) is 7.23. The summed E-state index contributed by atoms with van der Waals surface area (Å²) in [5, 5.41) is 24.8. The van der Waals surface area contributed by atoms with Gasteiger partial charge in [-0.05, 0) is 81.3 Å². The van der Waals surface area contributed by atoms with Gasteiger partial charge in [-0.1, -0.05) is 124 Å². The van der Waals surface area contributed by atoms with Gasteiger partial charge in [-0.2, -0.15) is 0 Å². The van der Waals surface area contributed by atoms with Crippen molar-refractivity contribution in [3.63, 3.8) is 0 Å². The number of phenolic OH excluding ortho intramolecular Hbond substituents is 1. The Hall–Kier alpha value is -2.67. The normalized spacial score (nSPS) is 9.06. The summed E-state index contributed by atoms with van der Waals surface area (Å²) in [5.41, 5.74) is 4.32. The average molecular weight is 1240 g/mol. The Kier molecular flexibility index (Phi) is 54.1. The molecule has 0 fully saturated rings. The van der Waals surface area contributed by atoms with E-state index in [2.05, 4.69) is 63.2 Å². The highest BCUT2D eigenvalue weighted by Crippen LogP contribution is 2.37. The van der Waals surface area contributed by atoms with E-state index in [0.717, 1.165) is 55.5 Å².